The Morgan fingerprint density at radius 2 is 1.63 bits per heavy atom. The van der Waals surface area contributed by atoms with Gasteiger partial charge in [0.2, 0.25) is 6.04 Å². The van der Waals surface area contributed by atoms with Crippen molar-refractivity contribution in [3.8, 4) is 5.75 Å². The molecule has 2 atom stereocenters. The Bertz CT molecular complexity index is 888. The maximum Gasteiger partial charge on any atom is 0.275 e. The fourth-order valence-electron chi connectivity index (χ4n) is 2.99. The monoisotopic (exact) mass is 430 g/mol. The molecule has 0 saturated carbocycles. The summed E-state index contributed by atoms with van der Waals surface area (Å²) < 4.78 is 7.03. The molecule has 6 nitrogen and oxygen atoms in total. The molecule has 2 unspecified atom stereocenters. The summed E-state index contributed by atoms with van der Waals surface area (Å²) in [5.41, 5.74) is 0.984. The van der Waals surface area contributed by atoms with Gasteiger partial charge >= 0.3 is 0 Å². The lowest BCUT2D eigenvalue weighted by molar-refractivity contribution is -0.722. The van der Waals surface area contributed by atoms with E-state index in [0.29, 0.717) is 5.75 Å². The second-order valence-corrected chi connectivity index (χ2v) is 5.80. The third-order valence-corrected chi connectivity index (χ3v) is 4.27. The summed E-state index contributed by atoms with van der Waals surface area (Å²) in [7, 11) is 1.58. The second kappa shape index (κ2) is 9.25. The molecule has 3 aromatic rings. The smallest absolute Gasteiger partial charge is 0.275 e. The Balaban J connectivity index is 0.00000261. The van der Waals surface area contributed by atoms with Gasteiger partial charge in [-0.05, 0) is 30.3 Å². The zero-order valence-corrected chi connectivity index (χ0v) is 16.2. The van der Waals surface area contributed by atoms with Crippen LogP contribution in [-0.2, 0) is 0 Å². The van der Waals surface area contributed by atoms with Crippen LogP contribution in [-0.4, -0.2) is 17.1 Å². The largest absolute Gasteiger partial charge is 1.00 e. The molecule has 0 spiro atoms. The number of ether oxygens (including phenoxy) is 1. The summed E-state index contributed by atoms with van der Waals surface area (Å²) in [6.45, 7) is 0. The Hall–Kier alpha value is -2.77. The Morgan fingerprint density at radius 1 is 1.00 bits per heavy atom. The van der Waals surface area contributed by atoms with Gasteiger partial charge in [0, 0.05) is 23.8 Å². The van der Waals surface area contributed by atoms with Gasteiger partial charge in [-0.1, -0.05) is 18.2 Å². The number of para-hydroxylation sites is 1. The van der Waals surface area contributed by atoms with Crippen LogP contribution in [0.1, 0.15) is 23.3 Å². The quantitative estimate of drug-likeness (QED) is 0.344. The van der Waals surface area contributed by atoms with Gasteiger partial charge < -0.3 is 26.8 Å². The van der Waals surface area contributed by atoms with Crippen molar-refractivity contribution in [1.82, 2.24) is 0 Å². The number of nitro groups is 1. The molecule has 1 heterocycles. The molecule has 0 amide bonds. The molecule has 140 valence electrons. The lowest BCUT2D eigenvalue weighted by Gasteiger charge is -2.19. The summed E-state index contributed by atoms with van der Waals surface area (Å²) in [4.78, 5) is 10.9. The second-order valence-electron chi connectivity index (χ2n) is 5.80. The van der Waals surface area contributed by atoms with E-state index in [2.05, 4.69) is 0 Å². The van der Waals surface area contributed by atoms with Gasteiger partial charge in [-0.25, -0.2) is 0 Å². The molecule has 0 bridgehead atoms. The Morgan fingerprint density at radius 3 is 2.22 bits per heavy atom. The highest BCUT2D eigenvalue weighted by Crippen LogP contribution is 2.34. The third kappa shape index (κ3) is 4.50. The first kappa shape index (κ1) is 20.5. The average Bonchev–Trinajstić information content (AvgIpc) is 2.69. The first-order valence-electron chi connectivity index (χ1n) is 8.13. The van der Waals surface area contributed by atoms with Gasteiger partial charge in [-0.2, -0.15) is 4.57 Å². The highest BCUT2D eigenvalue weighted by atomic mass is 79.9. The van der Waals surface area contributed by atoms with E-state index in [0.717, 1.165) is 5.56 Å². The fraction of sp³-hybridized carbons (Fsp3) is 0.150. The van der Waals surface area contributed by atoms with E-state index in [1.54, 1.807) is 37.4 Å². The highest BCUT2D eigenvalue weighted by Gasteiger charge is 2.34. The molecule has 2 aromatic carbocycles. The minimum absolute atomic E-state index is 0. The van der Waals surface area contributed by atoms with Gasteiger partial charge in [0.05, 0.1) is 17.6 Å². The normalized spacial score (nSPS) is 12.5. The molecule has 0 aliphatic rings. The third-order valence-electron chi connectivity index (χ3n) is 4.27. The van der Waals surface area contributed by atoms with Crippen molar-refractivity contribution in [2.75, 3.05) is 7.11 Å². The predicted molar refractivity (Wildman–Crippen MR) is 95.8 cm³/mol. The molecule has 3 rings (SSSR count). The number of aliphatic hydroxyl groups excluding tert-OH is 1. The number of benzene rings is 2. The number of aliphatic hydroxyl groups is 1. The minimum atomic E-state index is -1.10. The maximum atomic E-state index is 11.4. The summed E-state index contributed by atoms with van der Waals surface area (Å²) in [5, 5.41) is 22.5. The van der Waals surface area contributed by atoms with E-state index >= 15 is 0 Å². The zero-order valence-electron chi connectivity index (χ0n) is 14.6. The van der Waals surface area contributed by atoms with Gasteiger partial charge in [0.25, 0.3) is 5.69 Å². The van der Waals surface area contributed by atoms with Gasteiger partial charge in [-0.15, -0.1) is 0 Å². The lowest BCUT2D eigenvalue weighted by Crippen LogP contribution is -3.00. The number of rotatable bonds is 6. The Labute approximate surface area is 167 Å². The number of nitro benzene ring substituents is 1. The van der Waals surface area contributed by atoms with Gasteiger partial charge in [0.15, 0.2) is 18.5 Å². The lowest BCUT2D eigenvalue weighted by atomic mass is 9.94. The van der Waals surface area contributed by atoms with Crippen LogP contribution in [0.25, 0.3) is 0 Å². The van der Waals surface area contributed by atoms with Crippen molar-refractivity contribution in [3.05, 3.63) is 100 Å². The maximum absolute atomic E-state index is 11.4. The van der Waals surface area contributed by atoms with Crippen LogP contribution >= 0.6 is 0 Å². The minimum Gasteiger partial charge on any atom is -1.00 e. The molecule has 1 aromatic heterocycles. The van der Waals surface area contributed by atoms with Crippen LogP contribution in [0.15, 0.2) is 79.1 Å². The fourth-order valence-corrected chi connectivity index (χ4v) is 2.99. The van der Waals surface area contributed by atoms with Crippen LogP contribution < -0.4 is 26.3 Å². The molecule has 0 aliphatic carbocycles. The first-order valence-corrected chi connectivity index (χ1v) is 8.13. The molecule has 0 fully saturated rings. The number of aromatic nitrogens is 1. The van der Waals surface area contributed by atoms with Crippen molar-refractivity contribution in [3.63, 3.8) is 0 Å². The summed E-state index contributed by atoms with van der Waals surface area (Å²) in [6.07, 6.45) is 2.55. The number of hydrogen-bond donors (Lipinski definition) is 1. The van der Waals surface area contributed by atoms with Crippen LogP contribution in [0.2, 0.25) is 0 Å². The molecule has 7 heteroatoms. The first-order chi connectivity index (χ1) is 12.6. The van der Waals surface area contributed by atoms with Crippen molar-refractivity contribution >= 4 is 5.69 Å². The van der Waals surface area contributed by atoms with Gasteiger partial charge in [-0.3, -0.25) is 10.1 Å². The van der Waals surface area contributed by atoms with Crippen LogP contribution in [0, 0.1) is 10.1 Å². The van der Waals surface area contributed by atoms with E-state index in [9.17, 15) is 15.2 Å². The highest BCUT2D eigenvalue weighted by molar-refractivity contribution is 5.42. The number of hydrogen-bond acceptors (Lipinski definition) is 4. The average molecular weight is 431 g/mol. The molecule has 1 N–H and O–H groups in total. The van der Waals surface area contributed by atoms with Crippen molar-refractivity contribution in [1.29, 1.82) is 0 Å². The molecule has 27 heavy (non-hydrogen) atoms. The summed E-state index contributed by atoms with van der Waals surface area (Å²) in [5.74, 6) is 0.700. The van der Waals surface area contributed by atoms with Crippen LogP contribution in [0.4, 0.5) is 5.69 Å². The number of nitrogens with zero attached hydrogens (tertiary/aromatic N) is 2. The zero-order chi connectivity index (χ0) is 18.5. The molecular weight excluding hydrogens is 412 g/mol. The van der Waals surface area contributed by atoms with E-state index in [4.69, 9.17) is 4.74 Å². The van der Waals surface area contributed by atoms with E-state index < -0.39 is 17.1 Å². The molecule has 0 radical (unpaired) electrons. The predicted octanol–water partition coefficient (Wildman–Crippen LogP) is 0.218. The summed E-state index contributed by atoms with van der Waals surface area (Å²) in [6, 6.07) is 18.6. The van der Waals surface area contributed by atoms with Crippen LogP contribution in [0.5, 0.6) is 5.75 Å². The standard InChI is InChI=1S/C20H19N2O4.BrH/c1-26-16-11-9-15(10-12-16)19(21-13-5-2-6-14-21)20(23)17-7-3-4-8-18(17)22(24)25;/h2-14,19-20,23H,1H3;1H/q+1;/p-1. The Kier molecular flexibility index (Phi) is 7.04. The number of pyridine rings is 1. The molecular formula is C20H19BrN2O4. The number of halogens is 1. The van der Waals surface area contributed by atoms with E-state index in [1.165, 1.54) is 6.07 Å². The number of methoxy groups -OCH3 is 1. The van der Waals surface area contributed by atoms with Crippen molar-refractivity contribution < 1.29 is 36.3 Å². The topological polar surface area (TPSA) is 76.5 Å². The SMILES string of the molecule is COc1ccc(C(C(O)c2ccccc2[N+](=O)[O-])[n+]2ccccc2)cc1.[Br-]. The van der Waals surface area contributed by atoms with Crippen molar-refractivity contribution in [2.45, 2.75) is 12.1 Å². The van der Waals surface area contributed by atoms with E-state index in [1.807, 2.05) is 47.3 Å². The summed E-state index contributed by atoms with van der Waals surface area (Å²) >= 11 is 0. The van der Waals surface area contributed by atoms with E-state index in [-0.39, 0.29) is 28.2 Å². The molecule has 0 saturated heterocycles. The molecule has 0 aliphatic heterocycles. The van der Waals surface area contributed by atoms with Gasteiger partial charge in [0.1, 0.15) is 5.75 Å². The van der Waals surface area contributed by atoms with Crippen LogP contribution in [0.3, 0.4) is 0 Å². The van der Waals surface area contributed by atoms with Crippen molar-refractivity contribution in [2.24, 2.45) is 0 Å².